The molecule has 0 aliphatic heterocycles. The Kier molecular flexibility index (Phi) is 4.19. The summed E-state index contributed by atoms with van der Waals surface area (Å²) in [5.41, 5.74) is 11.2. The molecule has 1 unspecified atom stereocenters. The van der Waals surface area contributed by atoms with Crippen LogP contribution < -0.4 is 16.8 Å². The van der Waals surface area contributed by atoms with Crippen molar-refractivity contribution < 1.29 is 4.79 Å². The zero-order valence-corrected chi connectivity index (χ0v) is 9.75. The second kappa shape index (κ2) is 5.41. The number of hydrogen-bond donors (Lipinski definition) is 3. The smallest absolute Gasteiger partial charge is 0.219 e. The number of nitrogens with one attached hydrogen (secondary N) is 1. The Labute approximate surface area is 99.2 Å². The highest BCUT2D eigenvalue weighted by molar-refractivity contribution is 7.80. The van der Waals surface area contributed by atoms with E-state index in [1.54, 1.807) is 18.3 Å². The Bertz CT molecular complexity index is 390. The summed E-state index contributed by atoms with van der Waals surface area (Å²) in [6, 6.07) is 3.47. The summed E-state index contributed by atoms with van der Waals surface area (Å²) in [6.07, 6.45) is 1.85. The van der Waals surface area contributed by atoms with Crippen LogP contribution in [0.2, 0.25) is 0 Å². The molecule has 1 aromatic rings. The molecule has 0 aliphatic carbocycles. The highest BCUT2D eigenvalue weighted by Gasteiger charge is 2.06. The van der Waals surface area contributed by atoms with Crippen LogP contribution in [0, 0.1) is 0 Å². The van der Waals surface area contributed by atoms with Gasteiger partial charge in [0, 0.05) is 24.2 Å². The highest BCUT2D eigenvalue weighted by Crippen LogP contribution is 2.07. The highest BCUT2D eigenvalue weighted by atomic mass is 32.1. The van der Waals surface area contributed by atoms with E-state index in [-0.39, 0.29) is 18.4 Å². The van der Waals surface area contributed by atoms with E-state index in [1.165, 1.54) is 0 Å². The lowest BCUT2D eigenvalue weighted by molar-refractivity contribution is -0.118. The standard InChI is InChI=1S/C10H14N4OS/c1-6(4-8(11)15)14-9-3-2-7(5-13-9)10(12)16/h2-3,5-6H,4H2,1H3,(H2,11,15)(H2,12,16)(H,13,14). The van der Waals surface area contributed by atoms with Crippen molar-refractivity contribution in [3.63, 3.8) is 0 Å². The number of carbonyl (C=O) groups excluding carboxylic acids is 1. The number of rotatable bonds is 5. The van der Waals surface area contributed by atoms with Crippen LogP contribution in [0.3, 0.4) is 0 Å². The molecule has 5 nitrogen and oxygen atoms in total. The van der Waals surface area contributed by atoms with Crippen LogP contribution in [0.5, 0.6) is 0 Å². The van der Waals surface area contributed by atoms with Crippen LogP contribution >= 0.6 is 12.2 Å². The van der Waals surface area contributed by atoms with Crippen LogP contribution in [0.1, 0.15) is 18.9 Å². The molecular formula is C10H14N4OS. The van der Waals surface area contributed by atoms with Gasteiger partial charge in [-0.15, -0.1) is 0 Å². The summed E-state index contributed by atoms with van der Waals surface area (Å²) in [7, 11) is 0. The molecule has 5 N–H and O–H groups in total. The maximum atomic E-state index is 10.7. The van der Waals surface area contributed by atoms with Crippen molar-refractivity contribution >= 4 is 28.9 Å². The molecule has 0 aliphatic rings. The predicted molar refractivity (Wildman–Crippen MR) is 67.0 cm³/mol. The third-order valence-electron chi connectivity index (χ3n) is 1.95. The molecule has 0 bridgehead atoms. The van der Waals surface area contributed by atoms with Gasteiger partial charge in [0.1, 0.15) is 10.8 Å². The fourth-order valence-electron chi connectivity index (χ4n) is 1.23. The minimum atomic E-state index is -0.347. The number of pyridine rings is 1. The molecule has 0 radical (unpaired) electrons. The van der Waals surface area contributed by atoms with Gasteiger partial charge in [-0.25, -0.2) is 4.98 Å². The second-order valence-corrected chi connectivity index (χ2v) is 3.95. The van der Waals surface area contributed by atoms with Crippen LogP contribution in [0.4, 0.5) is 5.82 Å². The molecule has 0 saturated heterocycles. The summed E-state index contributed by atoms with van der Waals surface area (Å²) in [5.74, 6) is 0.313. The van der Waals surface area contributed by atoms with E-state index < -0.39 is 0 Å². The molecule has 1 amide bonds. The molecule has 1 aromatic heterocycles. The molecule has 86 valence electrons. The van der Waals surface area contributed by atoms with Crippen molar-refractivity contribution in [2.45, 2.75) is 19.4 Å². The third-order valence-corrected chi connectivity index (χ3v) is 2.19. The lowest BCUT2D eigenvalue weighted by atomic mass is 10.2. The molecule has 0 saturated carbocycles. The van der Waals surface area contributed by atoms with Crippen LogP contribution in [0.15, 0.2) is 18.3 Å². The Balaban J connectivity index is 2.61. The number of carbonyl (C=O) groups is 1. The third kappa shape index (κ3) is 3.82. The number of aromatic nitrogens is 1. The summed E-state index contributed by atoms with van der Waals surface area (Å²) in [6.45, 7) is 1.86. The van der Waals surface area contributed by atoms with Crippen LogP contribution in [0.25, 0.3) is 0 Å². The van der Waals surface area contributed by atoms with E-state index in [0.717, 1.165) is 0 Å². The minimum Gasteiger partial charge on any atom is -0.389 e. The van der Waals surface area contributed by atoms with Gasteiger partial charge < -0.3 is 16.8 Å². The molecule has 1 heterocycles. The summed E-state index contributed by atoms with van der Waals surface area (Å²) >= 11 is 4.81. The number of hydrogen-bond acceptors (Lipinski definition) is 4. The first-order valence-corrected chi connectivity index (χ1v) is 5.20. The van der Waals surface area contributed by atoms with Gasteiger partial charge >= 0.3 is 0 Å². The maximum Gasteiger partial charge on any atom is 0.219 e. The van der Waals surface area contributed by atoms with Crippen molar-refractivity contribution in [2.24, 2.45) is 11.5 Å². The van der Waals surface area contributed by atoms with Gasteiger partial charge in [0.25, 0.3) is 0 Å². The van der Waals surface area contributed by atoms with Gasteiger partial charge in [-0.05, 0) is 19.1 Å². The van der Waals surface area contributed by atoms with Crippen molar-refractivity contribution in [3.8, 4) is 0 Å². The number of nitrogens with two attached hydrogens (primary N) is 2. The zero-order chi connectivity index (χ0) is 12.1. The van der Waals surface area contributed by atoms with Crippen molar-refractivity contribution in [1.82, 2.24) is 4.98 Å². The van der Waals surface area contributed by atoms with Gasteiger partial charge in [-0.3, -0.25) is 4.79 Å². The largest absolute Gasteiger partial charge is 0.389 e. The summed E-state index contributed by atoms with van der Waals surface area (Å²) in [4.78, 5) is 15.1. The van der Waals surface area contributed by atoms with Crippen molar-refractivity contribution in [2.75, 3.05) is 5.32 Å². The Morgan fingerprint density at radius 3 is 2.69 bits per heavy atom. The summed E-state index contributed by atoms with van der Waals surface area (Å²) < 4.78 is 0. The quantitative estimate of drug-likeness (QED) is 0.645. The normalized spacial score (nSPS) is 11.8. The monoisotopic (exact) mass is 238 g/mol. The Morgan fingerprint density at radius 2 is 2.25 bits per heavy atom. The topological polar surface area (TPSA) is 94.0 Å². The van der Waals surface area contributed by atoms with Gasteiger partial charge in [0.05, 0.1) is 0 Å². The predicted octanol–water partition coefficient (Wildman–Crippen LogP) is 0.392. The van der Waals surface area contributed by atoms with Crippen LogP contribution in [-0.4, -0.2) is 21.9 Å². The van der Waals surface area contributed by atoms with E-state index in [9.17, 15) is 4.79 Å². The molecule has 1 rings (SSSR count). The first kappa shape index (κ1) is 12.4. The van der Waals surface area contributed by atoms with Crippen molar-refractivity contribution in [3.05, 3.63) is 23.9 Å². The SMILES string of the molecule is CC(CC(N)=O)Nc1ccc(C(N)=S)cn1. The number of thiocarbonyl (C=S) groups is 1. The van der Waals surface area contributed by atoms with E-state index >= 15 is 0 Å². The molecular weight excluding hydrogens is 224 g/mol. The second-order valence-electron chi connectivity index (χ2n) is 3.51. The first-order chi connectivity index (χ1) is 7.49. The van der Waals surface area contributed by atoms with Gasteiger partial charge in [-0.1, -0.05) is 12.2 Å². The Hall–Kier alpha value is -1.69. The molecule has 0 spiro atoms. The van der Waals surface area contributed by atoms with E-state index in [1.807, 2.05) is 6.92 Å². The molecule has 1 atom stereocenters. The van der Waals surface area contributed by atoms with E-state index in [4.69, 9.17) is 23.7 Å². The van der Waals surface area contributed by atoms with E-state index in [2.05, 4.69) is 10.3 Å². The van der Waals surface area contributed by atoms with Gasteiger partial charge in [-0.2, -0.15) is 0 Å². The first-order valence-electron chi connectivity index (χ1n) is 4.79. The number of anilines is 1. The number of primary amides is 1. The summed E-state index contributed by atoms with van der Waals surface area (Å²) in [5, 5.41) is 3.04. The fraction of sp³-hybridized carbons (Fsp3) is 0.300. The van der Waals surface area contributed by atoms with E-state index in [0.29, 0.717) is 16.4 Å². The lowest BCUT2D eigenvalue weighted by Crippen LogP contribution is -2.24. The molecule has 0 aromatic carbocycles. The molecule has 0 fully saturated rings. The van der Waals surface area contributed by atoms with Gasteiger partial charge in [0.15, 0.2) is 0 Å². The average Bonchev–Trinajstić information content (AvgIpc) is 2.16. The number of amides is 1. The lowest BCUT2D eigenvalue weighted by Gasteiger charge is -2.12. The molecule has 16 heavy (non-hydrogen) atoms. The minimum absolute atomic E-state index is 0.0549. The molecule has 6 heteroatoms. The Morgan fingerprint density at radius 1 is 1.56 bits per heavy atom. The van der Waals surface area contributed by atoms with Gasteiger partial charge in [0.2, 0.25) is 5.91 Å². The zero-order valence-electron chi connectivity index (χ0n) is 8.93. The maximum absolute atomic E-state index is 10.7. The van der Waals surface area contributed by atoms with Crippen LogP contribution in [-0.2, 0) is 4.79 Å². The van der Waals surface area contributed by atoms with Crippen molar-refractivity contribution in [1.29, 1.82) is 0 Å². The number of nitrogens with zero attached hydrogens (tertiary/aromatic N) is 1. The fourth-order valence-corrected chi connectivity index (χ4v) is 1.35. The average molecular weight is 238 g/mol.